The minimum atomic E-state index is -4.62. The fourth-order valence-corrected chi connectivity index (χ4v) is 7.62. The summed E-state index contributed by atoms with van der Waals surface area (Å²) in [7, 11) is -4.62. The van der Waals surface area contributed by atoms with Crippen LogP contribution in [0.25, 0.3) is 0 Å². The fraction of sp³-hybridized carbons (Fsp3) is 0.911. The molecule has 1 heterocycles. The quantitative estimate of drug-likeness (QED) is 0.0176. The summed E-state index contributed by atoms with van der Waals surface area (Å²) in [5.41, 5.74) is 0. The molecular weight excluding hydrogens is 747 g/mol. The molecule has 0 aromatic carbocycles. The van der Waals surface area contributed by atoms with Gasteiger partial charge in [-0.1, -0.05) is 168 Å². The van der Waals surface area contributed by atoms with E-state index in [1.54, 1.807) is 0 Å². The zero-order chi connectivity index (χ0) is 41.8. The van der Waals surface area contributed by atoms with Crippen molar-refractivity contribution in [2.45, 2.75) is 231 Å². The Labute approximate surface area is 347 Å². The zero-order valence-electron chi connectivity index (χ0n) is 36.4. The van der Waals surface area contributed by atoms with E-state index in [-0.39, 0.29) is 19.4 Å². The van der Waals surface area contributed by atoms with Crippen LogP contribution in [0.5, 0.6) is 0 Å². The third-order valence-corrected chi connectivity index (χ3v) is 11.5. The average molecular weight is 833 g/mol. The SMILES string of the molecule is CCCCCC1OC1C/C=C\CCCCCCCC(=O)OC[C@H](COP(=O)(O)OC[C@@H](O)CO)OC(=O)CCCCCCCCCCCCCCCCCC(C)C. The highest BCUT2D eigenvalue weighted by Crippen LogP contribution is 2.43. The van der Waals surface area contributed by atoms with Crippen LogP contribution in [0.1, 0.15) is 207 Å². The third-order valence-electron chi connectivity index (χ3n) is 10.5. The summed E-state index contributed by atoms with van der Waals surface area (Å²) in [4.78, 5) is 35.1. The van der Waals surface area contributed by atoms with Crippen molar-refractivity contribution in [1.82, 2.24) is 0 Å². The van der Waals surface area contributed by atoms with Gasteiger partial charge in [-0.15, -0.1) is 0 Å². The Balaban J connectivity index is 2.21. The first-order valence-electron chi connectivity index (χ1n) is 23.1. The van der Waals surface area contributed by atoms with E-state index in [0.29, 0.717) is 25.0 Å². The fourth-order valence-electron chi connectivity index (χ4n) is 6.83. The van der Waals surface area contributed by atoms with Gasteiger partial charge in [0.15, 0.2) is 6.10 Å². The lowest BCUT2D eigenvalue weighted by atomic mass is 10.0. The van der Waals surface area contributed by atoms with Crippen LogP contribution in [0.4, 0.5) is 0 Å². The van der Waals surface area contributed by atoms with Gasteiger partial charge in [-0.2, -0.15) is 0 Å². The van der Waals surface area contributed by atoms with Gasteiger partial charge >= 0.3 is 19.8 Å². The first-order valence-corrected chi connectivity index (χ1v) is 24.6. The highest BCUT2D eigenvalue weighted by atomic mass is 31.2. The molecule has 0 spiro atoms. The van der Waals surface area contributed by atoms with Crippen LogP contribution in [-0.4, -0.2) is 77.9 Å². The number of aliphatic hydroxyl groups is 2. The maximum Gasteiger partial charge on any atom is 0.472 e. The maximum atomic E-state index is 12.6. The first kappa shape index (κ1) is 53.7. The van der Waals surface area contributed by atoms with Crippen molar-refractivity contribution in [3.8, 4) is 0 Å². The molecule has 1 aliphatic heterocycles. The number of allylic oxidation sites excluding steroid dienone is 1. The molecule has 1 fully saturated rings. The molecule has 1 saturated heterocycles. The zero-order valence-corrected chi connectivity index (χ0v) is 37.3. The highest BCUT2D eigenvalue weighted by Gasteiger charge is 2.36. The summed E-state index contributed by atoms with van der Waals surface area (Å²) in [6.45, 7) is 4.70. The van der Waals surface area contributed by atoms with Crippen LogP contribution in [0.15, 0.2) is 12.2 Å². The Morgan fingerprint density at radius 2 is 1.19 bits per heavy atom. The van der Waals surface area contributed by atoms with Crippen molar-refractivity contribution < 1.29 is 52.5 Å². The van der Waals surface area contributed by atoms with Crippen LogP contribution in [0, 0.1) is 5.92 Å². The third kappa shape index (κ3) is 35.2. The molecule has 5 atom stereocenters. The number of carbonyl (C=O) groups is 2. The monoisotopic (exact) mass is 833 g/mol. The minimum Gasteiger partial charge on any atom is -0.462 e. The van der Waals surface area contributed by atoms with Gasteiger partial charge in [-0.3, -0.25) is 18.6 Å². The molecule has 57 heavy (non-hydrogen) atoms. The van der Waals surface area contributed by atoms with Crippen LogP contribution in [0.2, 0.25) is 0 Å². The number of rotatable bonds is 42. The number of esters is 2. The van der Waals surface area contributed by atoms with E-state index in [1.807, 2.05) is 0 Å². The van der Waals surface area contributed by atoms with E-state index < -0.39 is 51.8 Å². The Bertz CT molecular complexity index is 1040. The summed E-state index contributed by atoms with van der Waals surface area (Å²) in [6, 6.07) is 0. The molecule has 0 aromatic rings. The van der Waals surface area contributed by atoms with Gasteiger partial charge in [0.05, 0.1) is 32.0 Å². The predicted octanol–water partition coefficient (Wildman–Crippen LogP) is 11.2. The van der Waals surface area contributed by atoms with Crippen molar-refractivity contribution in [3.05, 3.63) is 12.2 Å². The van der Waals surface area contributed by atoms with Crippen molar-refractivity contribution in [2.24, 2.45) is 5.92 Å². The molecule has 11 nitrogen and oxygen atoms in total. The lowest BCUT2D eigenvalue weighted by molar-refractivity contribution is -0.161. The summed E-state index contributed by atoms with van der Waals surface area (Å²) in [5.74, 6) is -0.110. The van der Waals surface area contributed by atoms with E-state index in [9.17, 15) is 24.2 Å². The van der Waals surface area contributed by atoms with E-state index >= 15 is 0 Å². The van der Waals surface area contributed by atoms with Crippen molar-refractivity contribution in [1.29, 1.82) is 0 Å². The predicted molar refractivity (Wildman–Crippen MR) is 228 cm³/mol. The summed E-state index contributed by atoms with van der Waals surface area (Å²) >= 11 is 0. The summed E-state index contributed by atoms with van der Waals surface area (Å²) in [6.07, 6.45) is 34.9. The van der Waals surface area contributed by atoms with Crippen molar-refractivity contribution in [2.75, 3.05) is 26.4 Å². The molecule has 1 rings (SSSR count). The number of hydrogen-bond acceptors (Lipinski definition) is 10. The Hall–Kier alpha value is -1.33. The normalized spacial score (nSPS) is 17.5. The number of carbonyl (C=O) groups excluding carboxylic acids is 2. The van der Waals surface area contributed by atoms with Gasteiger partial charge in [-0.05, 0) is 44.4 Å². The van der Waals surface area contributed by atoms with Crippen LogP contribution >= 0.6 is 7.82 Å². The number of hydrogen-bond donors (Lipinski definition) is 3. The summed E-state index contributed by atoms with van der Waals surface area (Å²) < 4.78 is 38.5. The second kappa shape index (κ2) is 36.5. The second-order valence-electron chi connectivity index (χ2n) is 16.6. The molecule has 0 aliphatic carbocycles. The molecule has 3 N–H and O–H groups in total. The molecule has 12 heteroatoms. The number of phosphoric acid groups is 1. The number of phosphoric ester groups is 1. The Kier molecular flexibility index (Phi) is 34.4. The van der Waals surface area contributed by atoms with Gasteiger partial charge in [0.1, 0.15) is 12.7 Å². The number of unbranched alkanes of at least 4 members (excludes halogenated alkanes) is 21. The summed E-state index contributed by atoms with van der Waals surface area (Å²) in [5, 5.41) is 18.4. The molecule has 1 aliphatic rings. The number of epoxide rings is 1. The van der Waals surface area contributed by atoms with E-state index in [2.05, 4.69) is 32.9 Å². The maximum absolute atomic E-state index is 12.6. The lowest BCUT2D eigenvalue weighted by Gasteiger charge is -2.20. The van der Waals surface area contributed by atoms with Gasteiger partial charge in [-0.25, -0.2) is 4.57 Å². The van der Waals surface area contributed by atoms with Crippen LogP contribution < -0.4 is 0 Å². The topological polar surface area (TPSA) is 161 Å². The highest BCUT2D eigenvalue weighted by molar-refractivity contribution is 7.47. The molecule has 0 amide bonds. The van der Waals surface area contributed by atoms with Crippen molar-refractivity contribution in [3.63, 3.8) is 0 Å². The second-order valence-corrected chi connectivity index (χ2v) is 18.1. The van der Waals surface area contributed by atoms with E-state index in [0.717, 1.165) is 63.7 Å². The largest absolute Gasteiger partial charge is 0.472 e. The molecule has 0 saturated carbocycles. The van der Waals surface area contributed by atoms with E-state index in [1.165, 1.54) is 103 Å². The Morgan fingerprint density at radius 3 is 1.75 bits per heavy atom. The van der Waals surface area contributed by atoms with Gasteiger partial charge in [0.25, 0.3) is 0 Å². The van der Waals surface area contributed by atoms with Crippen LogP contribution in [-0.2, 0) is 37.4 Å². The Morgan fingerprint density at radius 1 is 0.667 bits per heavy atom. The van der Waals surface area contributed by atoms with Gasteiger partial charge in [0, 0.05) is 12.8 Å². The minimum absolute atomic E-state index is 0.183. The van der Waals surface area contributed by atoms with Gasteiger partial charge in [0.2, 0.25) is 0 Å². The lowest BCUT2D eigenvalue weighted by Crippen LogP contribution is -2.29. The number of ether oxygens (including phenoxy) is 3. The van der Waals surface area contributed by atoms with Gasteiger partial charge < -0.3 is 29.3 Å². The molecule has 3 unspecified atom stereocenters. The molecule has 336 valence electrons. The average Bonchev–Trinajstić information content (AvgIpc) is 3.94. The molecule has 0 radical (unpaired) electrons. The molecule has 0 aromatic heterocycles. The molecular formula is C45H85O11P. The van der Waals surface area contributed by atoms with E-state index in [4.69, 9.17) is 28.4 Å². The van der Waals surface area contributed by atoms with Crippen LogP contribution in [0.3, 0.4) is 0 Å². The van der Waals surface area contributed by atoms with Crippen molar-refractivity contribution >= 4 is 19.8 Å². The molecule has 0 bridgehead atoms. The smallest absolute Gasteiger partial charge is 0.462 e. The standard InChI is InChI=1S/C45H85O11P/c1-4-5-25-31-42-43(56-42)32-27-22-18-15-16-19-23-28-33-44(48)52-37-41(38-54-57(50,51)53-36-40(47)35-46)55-45(49)34-29-24-20-14-12-10-8-6-7-9-11-13-17-21-26-30-39(2)3/h22,27,39-43,46-47H,4-21,23-26,28-38H2,1-3H3,(H,50,51)/b27-22-/t40-,41+,42?,43?/m0/s1. The first-order chi connectivity index (χ1) is 27.6. The number of aliphatic hydroxyl groups excluding tert-OH is 2.